The third-order valence-electron chi connectivity index (χ3n) is 6.93. The van der Waals surface area contributed by atoms with Crippen molar-refractivity contribution in [3.8, 4) is 5.75 Å². The molecule has 1 N–H and O–H groups in total. The number of amides is 1. The number of aliphatic hydroxyl groups is 1. The molecule has 1 aliphatic heterocycles. The van der Waals surface area contributed by atoms with E-state index >= 15 is 0 Å². The second kappa shape index (κ2) is 10.9. The van der Waals surface area contributed by atoms with Crippen LogP contribution in [-0.4, -0.2) is 46.9 Å². The highest BCUT2D eigenvalue weighted by Crippen LogP contribution is 2.41. The van der Waals surface area contributed by atoms with Crippen LogP contribution in [0.25, 0.3) is 5.76 Å². The fourth-order valence-electron chi connectivity index (χ4n) is 4.92. The van der Waals surface area contributed by atoms with E-state index in [1.807, 2.05) is 56.3 Å². The van der Waals surface area contributed by atoms with Crippen molar-refractivity contribution in [2.75, 3.05) is 25.1 Å². The molecule has 0 aliphatic carbocycles. The molecule has 0 radical (unpaired) electrons. The molecule has 4 rings (SSSR count). The molecule has 0 bridgehead atoms. The maximum atomic E-state index is 13.4. The number of anilines is 1. The van der Waals surface area contributed by atoms with Crippen molar-refractivity contribution in [1.29, 1.82) is 0 Å². The fraction of sp³-hybridized carbons (Fsp3) is 0.300. The molecular formula is C30H33N3O4. The number of rotatable bonds is 8. The number of pyridine rings is 1. The summed E-state index contributed by atoms with van der Waals surface area (Å²) in [5.41, 5.74) is 4.59. The number of methoxy groups -OCH3 is 1. The predicted molar refractivity (Wildman–Crippen MR) is 145 cm³/mol. The highest BCUT2D eigenvalue weighted by molar-refractivity contribution is 6.46. The van der Waals surface area contributed by atoms with Gasteiger partial charge in [0.2, 0.25) is 0 Å². The van der Waals surface area contributed by atoms with Crippen molar-refractivity contribution < 1.29 is 19.4 Å². The number of Topliss-reactive ketones (excluding diaryl/α,β-unsaturated/α-hetero) is 1. The molecule has 3 aromatic rings. The highest BCUT2D eigenvalue weighted by atomic mass is 16.5. The van der Waals surface area contributed by atoms with Crippen molar-refractivity contribution in [3.05, 3.63) is 94.3 Å². The van der Waals surface area contributed by atoms with Crippen LogP contribution < -0.4 is 9.64 Å². The van der Waals surface area contributed by atoms with Gasteiger partial charge in [-0.25, -0.2) is 0 Å². The van der Waals surface area contributed by atoms with E-state index in [9.17, 15) is 14.7 Å². The summed E-state index contributed by atoms with van der Waals surface area (Å²) >= 11 is 0. The first kappa shape index (κ1) is 25.9. The summed E-state index contributed by atoms with van der Waals surface area (Å²) in [6.45, 7) is 9.78. The van der Waals surface area contributed by atoms with Crippen LogP contribution in [0.3, 0.4) is 0 Å². The number of nitrogens with zero attached hydrogens (tertiary/aromatic N) is 3. The lowest BCUT2D eigenvalue weighted by molar-refractivity contribution is -0.140. The third kappa shape index (κ3) is 4.94. The van der Waals surface area contributed by atoms with E-state index < -0.39 is 17.7 Å². The van der Waals surface area contributed by atoms with Gasteiger partial charge in [0.05, 0.1) is 31.0 Å². The summed E-state index contributed by atoms with van der Waals surface area (Å²) in [5.74, 6) is -0.872. The number of aryl methyl sites for hydroxylation is 2. The van der Waals surface area contributed by atoms with Crippen LogP contribution in [0.1, 0.15) is 47.8 Å². The monoisotopic (exact) mass is 499 g/mol. The Kier molecular flexibility index (Phi) is 7.62. The van der Waals surface area contributed by atoms with Crippen molar-refractivity contribution in [2.45, 2.75) is 40.3 Å². The number of carbonyl (C=O) groups is 2. The summed E-state index contributed by atoms with van der Waals surface area (Å²) in [6.07, 6.45) is 1.66. The van der Waals surface area contributed by atoms with E-state index in [0.29, 0.717) is 17.0 Å². The van der Waals surface area contributed by atoms with Crippen LogP contribution in [0.5, 0.6) is 5.75 Å². The Morgan fingerprint density at radius 3 is 2.32 bits per heavy atom. The first-order valence-electron chi connectivity index (χ1n) is 12.5. The number of aliphatic hydroxyl groups excluding tert-OH is 1. The van der Waals surface area contributed by atoms with Gasteiger partial charge in [0.1, 0.15) is 11.5 Å². The van der Waals surface area contributed by atoms with E-state index in [0.717, 1.165) is 35.5 Å². The van der Waals surface area contributed by atoms with Crippen LogP contribution in [0.15, 0.2) is 66.4 Å². The maximum absolute atomic E-state index is 13.4. The average Bonchev–Trinajstić information content (AvgIpc) is 3.16. The minimum atomic E-state index is -0.755. The molecule has 7 heteroatoms. The van der Waals surface area contributed by atoms with Crippen LogP contribution in [-0.2, 0) is 16.1 Å². The smallest absolute Gasteiger partial charge is 0.296 e. The van der Waals surface area contributed by atoms with Gasteiger partial charge in [-0.3, -0.25) is 14.6 Å². The number of ketones is 1. The van der Waals surface area contributed by atoms with Gasteiger partial charge in [-0.2, -0.15) is 0 Å². The van der Waals surface area contributed by atoms with Crippen LogP contribution in [0, 0.1) is 13.8 Å². The van der Waals surface area contributed by atoms with Crippen molar-refractivity contribution in [3.63, 3.8) is 0 Å². The number of carbonyl (C=O) groups excluding carboxylic acids is 2. The standard InChI is InChI=1S/C30H33N3O4/c1-6-32(7-2)23-13-11-21(12-14-23)27-26(28(34)24-16-20(4)25(37-5)17-19(24)3)29(35)30(36)33(27)18-22-10-8-9-15-31-22/h8-17,27,34H,6-7,18H2,1-5H3/b28-26+. The molecule has 192 valence electrons. The van der Waals surface area contributed by atoms with Crippen molar-refractivity contribution >= 4 is 23.1 Å². The molecule has 1 atom stereocenters. The largest absolute Gasteiger partial charge is 0.507 e. The molecule has 1 aliphatic rings. The van der Waals surface area contributed by atoms with E-state index in [1.54, 1.807) is 25.4 Å². The van der Waals surface area contributed by atoms with Gasteiger partial charge < -0.3 is 19.6 Å². The Hall–Kier alpha value is -4.13. The SMILES string of the molecule is CCN(CC)c1ccc(C2/C(=C(\O)c3cc(C)c(OC)cc3C)C(=O)C(=O)N2Cc2ccccn2)cc1. The van der Waals surface area contributed by atoms with Gasteiger partial charge in [-0.05, 0) is 80.8 Å². The van der Waals surface area contributed by atoms with E-state index in [-0.39, 0.29) is 17.9 Å². The molecule has 2 heterocycles. The molecule has 1 saturated heterocycles. The zero-order valence-electron chi connectivity index (χ0n) is 22.0. The number of hydrogen-bond acceptors (Lipinski definition) is 6. The zero-order chi connectivity index (χ0) is 26.7. The number of ether oxygens (including phenoxy) is 1. The zero-order valence-corrected chi connectivity index (χ0v) is 22.0. The summed E-state index contributed by atoms with van der Waals surface area (Å²) in [6, 6.07) is 16.2. The van der Waals surface area contributed by atoms with Crippen LogP contribution in [0.4, 0.5) is 5.69 Å². The van der Waals surface area contributed by atoms with Crippen molar-refractivity contribution in [1.82, 2.24) is 9.88 Å². The summed E-state index contributed by atoms with van der Waals surface area (Å²) in [5, 5.41) is 11.5. The third-order valence-corrected chi connectivity index (χ3v) is 6.93. The summed E-state index contributed by atoms with van der Waals surface area (Å²) in [7, 11) is 1.59. The second-order valence-corrected chi connectivity index (χ2v) is 9.15. The number of likely N-dealkylation sites (tertiary alicyclic amines) is 1. The molecule has 2 aromatic carbocycles. The topological polar surface area (TPSA) is 83.0 Å². The lowest BCUT2D eigenvalue weighted by Crippen LogP contribution is -2.29. The van der Waals surface area contributed by atoms with Gasteiger partial charge in [-0.1, -0.05) is 18.2 Å². The van der Waals surface area contributed by atoms with E-state index in [4.69, 9.17) is 4.74 Å². The fourth-order valence-corrected chi connectivity index (χ4v) is 4.92. The number of aromatic nitrogens is 1. The van der Waals surface area contributed by atoms with Gasteiger partial charge >= 0.3 is 0 Å². The minimum absolute atomic E-state index is 0.0733. The van der Waals surface area contributed by atoms with Gasteiger partial charge in [0.15, 0.2) is 0 Å². The molecule has 7 nitrogen and oxygen atoms in total. The first-order chi connectivity index (χ1) is 17.8. The maximum Gasteiger partial charge on any atom is 0.296 e. The molecular weight excluding hydrogens is 466 g/mol. The molecule has 1 aromatic heterocycles. The molecule has 0 spiro atoms. The molecule has 1 amide bonds. The predicted octanol–water partition coefficient (Wildman–Crippen LogP) is 5.18. The Morgan fingerprint density at radius 1 is 1.03 bits per heavy atom. The molecule has 0 saturated carbocycles. The molecule has 1 fully saturated rings. The lowest BCUT2D eigenvalue weighted by Gasteiger charge is -2.26. The van der Waals surface area contributed by atoms with Crippen LogP contribution >= 0.6 is 0 Å². The number of hydrogen-bond donors (Lipinski definition) is 1. The summed E-state index contributed by atoms with van der Waals surface area (Å²) in [4.78, 5) is 34.8. The summed E-state index contributed by atoms with van der Waals surface area (Å²) < 4.78 is 5.41. The van der Waals surface area contributed by atoms with Gasteiger partial charge in [0, 0.05) is 30.5 Å². The highest BCUT2D eigenvalue weighted by Gasteiger charge is 2.46. The Morgan fingerprint density at radius 2 is 1.73 bits per heavy atom. The normalized spacial score (nSPS) is 16.8. The second-order valence-electron chi connectivity index (χ2n) is 9.15. The lowest BCUT2D eigenvalue weighted by atomic mass is 9.93. The quantitative estimate of drug-likeness (QED) is 0.261. The first-order valence-corrected chi connectivity index (χ1v) is 12.5. The molecule has 37 heavy (non-hydrogen) atoms. The number of benzene rings is 2. The van der Waals surface area contributed by atoms with Crippen LogP contribution in [0.2, 0.25) is 0 Å². The van der Waals surface area contributed by atoms with Gasteiger partial charge in [-0.15, -0.1) is 0 Å². The molecule has 1 unspecified atom stereocenters. The van der Waals surface area contributed by atoms with E-state index in [1.165, 1.54) is 4.90 Å². The Labute approximate surface area is 218 Å². The minimum Gasteiger partial charge on any atom is -0.507 e. The van der Waals surface area contributed by atoms with Gasteiger partial charge in [0.25, 0.3) is 11.7 Å². The van der Waals surface area contributed by atoms with E-state index in [2.05, 4.69) is 23.7 Å². The Bertz CT molecular complexity index is 1330. The average molecular weight is 500 g/mol. The van der Waals surface area contributed by atoms with Crippen molar-refractivity contribution in [2.24, 2.45) is 0 Å². The Balaban J connectivity index is 1.87.